The van der Waals surface area contributed by atoms with Gasteiger partial charge in [-0.2, -0.15) is 0 Å². The van der Waals surface area contributed by atoms with E-state index < -0.39 is 12.1 Å². The van der Waals surface area contributed by atoms with E-state index in [1.165, 1.54) is 270 Å². The summed E-state index contributed by atoms with van der Waals surface area (Å²) >= 11 is 0. The summed E-state index contributed by atoms with van der Waals surface area (Å²) in [6, 6.07) is -0.632. The van der Waals surface area contributed by atoms with E-state index in [9.17, 15) is 19.8 Å². The number of hydrogen-bond acceptors (Lipinski definition) is 5. The van der Waals surface area contributed by atoms with Gasteiger partial charge in [-0.25, -0.2) is 0 Å². The Morgan fingerprint density at radius 1 is 0.364 bits per heavy atom. The lowest BCUT2D eigenvalue weighted by molar-refractivity contribution is -0.143. The van der Waals surface area contributed by atoms with Crippen molar-refractivity contribution in [1.29, 1.82) is 0 Å². The zero-order chi connectivity index (χ0) is 55.7. The van der Waals surface area contributed by atoms with Gasteiger partial charge in [0.15, 0.2) is 0 Å². The number of carbonyl (C=O) groups excluding carboxylic acids is 2. The van der Waals surface area contributed by atoms with Crippen LogP contribution in [0.2, 0.25) is 0 Å². The lowest BCUT2D eigenvalue weighted by Crippen LogP contribution is -2.45. The second-order valence-corrected chi connectivity index (χ2v) is 23.1. The van der Waals surface area contributed by atoms with Crippen LogP contribution in [0.1, 0.15) is 354 Å². The van der Waals surface area contributed by atoms with Crippen LogP contribution in [0, 0.1) is 0 Å². The number of aliphatic hydroxyl groups is 2. The molecule has 0 bridgehead atoms. The van der Waals surface area contributed by atoms with Crippen molar-refractivity contribution in [1.82, 2.24) is 5.32 Å². The Balaban J connectivity index is 3.46. The van der Waals surface area contributed by atoms with Crippen molar-refractivity contribution in [2.24, 2.45) is 0 Å². The number of carbonyl (C=O) groups is 2. The van der Waals surface area contributed by atoms with E-state index in [2.05, 4.69) is 67.8 Å². The number of allylic oxidation sites excluding steroid dienone is 9. The molecule has 0 saturated carbocycles. The van der Waals surface area contributed by atoms with E-state index in [1.807, 2.05) is 6.08 Å². The number of nitrogens with one attached hydrogen (secondary N) is 1. The first-order chi connectivity index (χ1) is 38.0. The molecule has 3 N–H and O–H groups in total. The molecule has 2 atom stereocenters. The highest BCUT2D eigenvalue weighted by atomic mass is 16.5. The van der Waals surface area contributed by atoms with Crippen LogP contribution in [0.15, 0.2) is 60.8 Å². The van der Waals surface area contributed by atoms with Gasteiger partial charge in [0.2, 0.25) is 5.91 Å². The predicted octanol–water partition coefficient (Wildman–Crippen LogP) is 21.9. The number of unbranched alkanes of at least 4 members (excludes halogenated alkanes) is 44. The number of hydrogen-bond donors (Lipinski definition) is 3. The molecule has 0 aromatic heterocycles. The third-order valence-electron chi connectivity index (χ3n) is 15.5. The Kier molecular flexibility index (Phi) is 64.0. The zero-order valence-corrected chi connectivity index (χ0v) is 51.4. The van der Waals surface area contributed by atoms with Crippen molar-refractivity contribution in [2.75, 3.05) is 13.2 Å². The lowest BCUT2D eigenvalue weighted by Gasteiger charge is -2.20. The first-order valence-electron chi connectivity index (χ1n) is 34.1. The summed E-state index contributed by atoms with van der Waals surface area (Å²) in [5.74, 6) is -0.0740. The molecular weight excluding hydrogens is 947 g/mol. The quantitative estimate of drug-likeness (QED) is 0.0320. The standard InChI is InChI=1S/C71H131NO5/c1-3-5-7-9-11-13-15-17-19-20-30-33-36-39-43-47-51-55-59-63-69(74)68(67-73)72-70(75)64-60-56-52-48-44-40-37-34-31-28-26-24-22-21-23-25-27-29-32-35-38-42-46-50-54-58-62-66-77-71(76)65-61-57-53-49-45-41-18-16-14-12-10-8-6-4-2/h10,12,16,18,21-22,25,27,59,63,68-69,73-74H,3-9,11,13-15,17,19-20,23-24,26,28-58,60-62,64-67H2,1-2H3,(H,72,75)/b12-10-,18-16-,22-21-,27-25-,63-59+. The minimum absolute atomic E-state index is 0.00470. The van der Waals surface area contributed by atoms with Gasteiger partial charge in [0, 0.05) is 12.8 Å². The van der Waals surface area contributed by atoms with E-state index in [0.29, 0.717) is 19.4 Å². The van der Waals surface area contributed by atoms with Gasteiger partial charge in [-0.1, -0.05) is 312 Å². The van der Waals surface area contributed by atoms with E-state index in [0.717, 1.165) is 57.8 Å². The van der Waals surface area contributed by atoms with E-state index in [4.69, 9.17) is 4.74 Å². The van der Waals surface area contributed by atoms with Crippen molar-refractivity contribution in [3.05, 3.63) is 60.8 Å². The van der Waals surface area contributed by atoms with Crippen molar-refractivity contribution in [3.8, 4) is 0 Å². The maximum absolute atomic E-state index is 12.5. The fourth-order valence-electron chi connectivity index (χ4n) is 10.3. The van der Waals surface area contributed by atoms with Gasteiger partial charge in [-0.15, -0.1) is 0 Å². The average molecular weight is 1080 g/mol. The molecule has 6 heteroatoms. The predicted molar refractivity (Wildman–Crippen MR) is 338 cm³/mol. The van der Waals surface area contributed by atoms with Gasteiger partial charge in [0.25, 0.3) is 0 Å². The van der Waals surface area contributed by atoms with Gasteiger partial charge < -0.3 is 20.3 Å². The van der Waals surface area contributed by atoms with Crippen LogP contribution in [0.4, 0.5) is 0 Å². The van der Waals surface area contributed by atoms with Crippen molar-refractivity contribution < 1.29 is 24.5 Å². The molecule has 450 valence electrons. The summed E-state index contributed by atoms with van der Waals surface area (Å²) in [5, 5.41) is 23.2. The van der Waals surface area contributed by atoms with Crippen LogP contribution in [0.25, 0.3) is 0 Å². The molecule has 0 aromatic carbocycles. The van der Waals surface area contributed by atoms with Crippen LogP contribution in [0.5, 0.6) is 0 Å². The lowest BCUT2D eigenvalue weighted by atomic mass is 10.0. The average Bonchev–Trinajstić information content (AvgIpc) is 3.43. The summed E-state index contributed by atoms with van der Waals surface area (Å²) in [6.07, 6.45) is 87.1. The molecule has 6 nitrogen and oxygen atoms in total. The molecule has 0 aromatic rings. The summed E-state index contributed by atoms with van der Waals surface area (Å²) < 4.78 is 5.47. The summed E-state index contributed by atoms with van der Waals surface area (Å²) in [6.45, 7) is 4.87. The number of esters is 1. The molecule has 0 rings (SSSR count). The second kappa shape index (κ2) is 66.1. The topological polar surface area (TPSA) is 95.9 Å². The minimum Gasteiger partial charge on any atom is -0.466 e. The molecule has 0 spiro atoms. The molecule has 2 unspecified atom stereocenters. The van der Waals surface area contributed by atoms with Crippen molar-refractivity contribution in [3.63, 3.8) is 0 Å². The number of ether oxygens (including phenoxy) is 1. The van der Waals surface area contributed by atoms with Gasteiger partial charge in [0.1, 0.15) is 0 Å². The highest BCUT2D eigenvalue weighted by molar-refractivity contribution is 5.76. The maximum Gasteiger partial charge on any atom is 0.305 e. The number of amides is 1. The first-order valence-corrected chi connectivity index (χ1v) is 34.1. The fraction of sp³-hybridized carbons (Fsp3) is 0.831. The van der Waals surface area contributed by atoms with E-state index in [-0.39, 0.29) is 18.5 Å². The van der Waals surface area contributed by atoms with Crippen LogP contribution < -0.4 is 5.32 Å². The Bertz CT molecular complexity index is 1340. The third-order valence-corrected chi connectivity index (χ3v) is 15.5. The Morgan fingerprint density at radius 2 is 0.662 bits per heavy atom. The zero-order valence-electron chi connectivity index (χ0n) is 51.4. The van der Waals surface area contributed by atoms with Crippen LogP contribution in [-0.4, -0.2) is 47.4 Å². The fourth-order valence-corrected chi connectivity index (χ4v) is 10.3. The monoisotopic (exact) mass is 1080 g/mol. The SMILES string of the molecule is CCCC/C=C\C/C=C\CCCCCCCC(=O)OCCCCCCCCCCC/C=C\C/C=C\CCCCCCCCCCCCCC(=O)NC(CO)C(O)/C=C/CCCCCCCCCCCCCCCCCCC. The molecule has 0 radical (unpaired) electrons. The maximum atomic E-state index is 12.5. The summed E-state index contributed by atoms with van der Waals surface area (Å²) in [5.41, 5.74) is 0. The number of aliphatic hydroxyl groups excluding tert-OH is 2. The van der Waals surface area contributed by atoms with E-state index >= 15 is 0 Å². The largest absolute Gasteiger partial charge is 0.466 e. The van der Waals surface area contributed by atoms with Crippen LogP contribution in [-0.2, 0) is 14.3 Å². The van der Waals surface area contributed by atoms with Crippen LogP contribution >= 0.6 is 0 Å². The molecule has 1 amide bonds. The molecule has 77 heavy (non-hydrogen) atoms. The summed E-state index contributed by atoms with van der Waals surface area (Å²) in [4.78, 5) is 24.5. The molecule has 0 aliphatic rings. The Labute approximate surface area is 479 Å². The van der Waals surface area contributed by atoms with Crippen LogP contribution in [0.3, 0.4) is 0 Å². The molecule has 0 saturated heterocycles. The minimum atomic E-state index is -0.848. The highest BCUT2D eigenvalue weighted by Gasteiger charge is 2.18. The molecule has 0 heterocycles. The Morgan fingerprint density at radius 3 is 1.03 bits per heavy atom. The molecule has 0 fully saturated rings. The van der Waals surface area contributed by atoms with Crippen molar-refractivity contribution >= 4 is 11.9 Å². The van der Waals surface area contributed by atoms with Gasteiger partial charge in [-0.05, 0) is 89.9 Å². The molecular formula is C71H131NO5. The second-order valence-electron chi connectivity index (χ2n) is 23.1. The van der Waals surface area contributed by atoms with Gasteiger partial charge in [0.05, 0.1) is 25.4 Å². The normalized spacial score (nSPS) is 12.9. The third kappa shape index (κ3) is 62.6. The van der Waals surface area contributed by atoms with Gasteiger partial charge in [-0.3, -0.25) is 9.59 Å². The van der Waals surface area contributed by atoms with Gasteiger partial charge >= 0.3 is 5.97 Å². The first kappa shape index (κ1) is 74.6. The highest BCUT2D eigenvalue weighted by Crippen LogP contribution is 2.17. The molecule has 0 aliphatic heterocycles. The Hall–Kier alpha value is -2.44. The van der Waals surface area contributed by atoms with Crippen molar-refractivity contribution in [2.45, 2.75) is 366 Å². The summed E-state index contributed by atoms with van der Waals surface area (Å²) in [7, 11) is 0. The number of rotatable bonds is 63. The van der Waals surface area contributed by atoms with E-state index in [1.54, 1.807) is 6.08 Å². The smallest absolute Gasteiger partial charge is 0.305 e. The molecule has 0 aliphatic carbocycles.